The molecule has 1 unspecified atom stereocenters. The number of unbranched alkanes of at least 4 members (excludes halogenated alkanes) is 24. The summed E-state index contributed by atoms with van der Waals surface area (Å²) in [5.41, 5.74) is -1.26. The zero-order valence-corrected chi connectivity index (χ0v) is 50.5. The van der Waals surface area contributed by atoms with Crippen molar-refractivity contribution < 1.29 is 43.2 Å². The van der Waals surface area contributed by atoms with Gasteiger partial charge in [0.15, 0.2) is 0 Å². The SMILES string of the molecule is CCCCCC=CCC=CCCCCCCCC(=O)OCC(COC(=O)CCCCCCCC=CCC=CCCCCC)(COC(=O)CCCCCCCC=CCC=CCCCCC)COC(O)OCCCN(CC)CC. The van der Waals surface area contributed by atoms with Gasteiger partial charge in [-0.25, -0.2) is 0 Å². The molecule has 0 fully saturated rings. The Bertz CT molecular complexity index is 1350. The molecule has 0 aliphatic rings. The van der Waals surface area contributed by atoms with Crippen LogP contribution in [0.2, 0.25) is 0 Å². The molecule has 0 aliphatic heterocycles. The molecule has 1 N–H and O–H groups in total. The fourth-order valence-electron chi connectivity index (χ4n) is 8.72. The third kappa shape index (κ3) is 53.1. The van der Waals surface area contributed by atoms with Gasteiger partial charge in [0.25, 0.3) is 6.48 Å². The first-order valence-electron chi connectivity index (χ1n) is 31.8. The molecule has 10 heteroatoms. The molecule has 0 saturated carbocycles. The number of aliphatic hydroxyl groups is 1. The summed E-state index contributed by atoms with van der Waals surface area (Å²) >= 11 is 0. The van der Waals surface area contributed by atoms with Crippen LogP contribution >= 0.6 is 0 Å². The van der Waals surface area contributed by atoms with Crippen molar-refractivity contribution in [1.29, 1.82) is 0 Å². The predicted octanol–water partition coefficient (Wildman–Crippen LogP) is 18.1. The Labute approximate surface area is 473 Å². The van der Waals surface area contributed by atoms with Gasteiger partial charge in [0.2, 0.25) is 0 Å². The van der Waals surface area contributed by atoms with Gasteiger partial charge in [0.05, 0.1) is 18.6 Å². The minimum atomic E-state index is -1.57. The first kappa shape index (κ1) is 73.7. The van der Waals surface area contributed by atoms with Crippen LogP contribution in [-0.4, -0.2) is 87.1 Å². The molecule has 0 bridgehead atoms. The molecule has 0 aromatic carbocycles. The van der Waals surface area contributed by atoms with Crippen molar-refractivity contribution >= 4 is 17.9 Å². The van der Waals surface area contributed by atoms with E-state index in [4.69, 9.17) is 23.7 Å². The smallest absolute Gasteiger partial charge is 0.305 e. The topological polar surface area (TPSA) is 121 Å². The molecule has 0 radical (unpaired) electrons. The summed E-state index contributed by atoms with van der Waals surface area (Å²) in [7, 11) is 0. The van der Waals surface area contributed by atoms with Crippen molar-refractivity contribution in [3.63, 3.8) is 0 Å². The molecular formula is C67H119NO9. The van der Waals surface area contributed by atoms with E-state index in [1.165, 1.54) is 77.0 Å². The van der Waals surface area contributed by atoms with Crippen molar-refractivity contribution in [2.75, 3.05) is 52.7 Å². The second-order valence-corrected chi connectivity index (χ2v) is 21.3. The molecule has 10 nitrogen and oxygen atoms in total. The Morgan fingerprint density at radius 1 is 0.377 bits per heavy atom. The Morgan fingerprint density at radius 3 is 0.987 bits per heavy atom. The number of hydrogen-bond acceptors (Lipinski definition) is 10. The van der Waals surface area contributed by atoms with E-state index in [0.29, 0.717) is 25.7 Å². The largest absolute Gasteiger partial charge is 0.465 e. The monoisotopic (exact) mass is 1080 g/mol. The van der Waals surface area contributed by atoms with E-state index in [1.807, 2.05) is 0 Å². The van der Waals surface area contributed by atoms with Gasteiger partial charge in [-0.05, 0) is 135 Å². The second kappa shape index (κ2) is 58.8. The average molecular weight is 1080 g/mol. The van der Waals surface area contributed by atoms with E-state index in [1.54, 1.807) is 0 Å². The zero-order chi connectivity index (χ0) is 56.2. The number of carbonyl (C=O) groups is 3. The third-order valence-corrected chi connectivity index (χ3v) is 13.9. The standard InChI is InChI=1S/C67H119NO9/c1-6-11-14-17-20-23-26-29-32-35-38-41-44-47-50-54-63(69)74-59-67(62-77-66(72)73-58-53-57-68(9-4)10-5,60-75-64(70)55-51-48-45-42-39-36-33-30-27-24-21-18-15-12-7-2)61-76-65(71)56-52-49-46-43-40-37-34-31-28-25-22-19-16-13-8-3/h20-25,29-34,66,72H,6-19,26-28,35-62H2,1-5H3. The van der Waals surface area contributed by atoms with E-state index >= 15 is 0 Å². The highest BCUT2D eigenvalue weighted by molar-refractivity contribution is 5.70. The van der Waals surface area contributed by atoms with E-state index < -0.39 is 11.9 Å². The van der Waals surface area contributed by atoms with E-state index in [-0.39, 0.29) is 70.2 Å². The van der Waals surface area contributed by atoms with Gasteiger partial charge in [-0.15, -0.1) is 0 Å². The predicted molar refractivity (Wildman–Crippen MR) is 324 cm³/mol. The van der Waals surface area contributed by atoms with E-state index in [0.717, 1.165) is 135 Å². The van der Waals surface area contributed by atoms with Crippen LogP contribution in [0.15, 0.2) is 72.9 Å². The lowest BCUT2D eigenvalue weighted by Crippen LogP contribution is -2.44. The van der Waals surface area contributed by atoms with Gasteiger partial charge in [-0.2, -0.15) is 0 Å². The second-order valence-electron chi connectivity index (χ2n) is 21.3. The van der Waals surface area contributed by atoms with Crippen molar-refractivity contribution in [2.45, 2.75) is 279 Å². The molecule has 0 heterocycles. The molecule has 0 aromatic rings. The molecule has 77 heavy (non-hydrogen) atoms. The number of carbonyl (C=O) groups excluding carboxylic acids is 3. The summed E-state index contributed by atoms with van der Waals surface area (Å²) < 4.78 is 29.2. The minimum absolute atomic E-state index is 0.214. The number of nitrogens with zero attached hydrogens (tertiary/aromatic N) is 1. The first-order chi connectivity index (χ1) is 37.7. The summed E-state index contributed by atoms with van der Waals surface area (Å²) in [4.78, 5) is 42.1. The number of ether oxygens (including phenoxy) is 5. The van der Waals surface area contributed by atoms with Crippen molar-refractivity contribution in [1.82, 2.24) is 4.90 Å². The van der Waals surface area contributed by atoms with Gasteiger partial charge < -0.3 is 33.7 Å². The number of allylic oxidation sites excluding steroid dienone is 12. The molecule has 0 saturated heterocycles. The molecule has 0 spiro atoms. The normalized spacial score (nSPS) is 13.4. The molecular weight excluding hydrogens is 963 g/mol. The van der Waals surface area contributed by atoms with Gasteiger partial charge >= 0.3 is 17.9 Å². The molecule has 0 rings (SSSR count). The fourth-order valence-corrected chi connectivity index (χ4v) is 8.72. The summed E-state index contributed by atoms with van der Waals surface area (Å²) in [5, 5.41) is 10.8. The minimum Gasteiger partial charge on any atom is -0.465 e. The van der Waals surface area contributed by atoms with Gasteiger partial charge in [0, 0.05) is 25.8 Å². The molecule has 0 amide bonds. The van der Waals surface area contributed by atoms with Crippen LogP contribution < -0.4 is 0 Å². The number of rotatable bonds is 58. The number of esters is 3. The highest BCUT2D eigenvalue weighted by Gasteiger charge is 2.37. The Morgan fingerprint density at radius 2 is 0.675 bits per heavy atom. The maximum Gasteiger partial charge on any atom is 0.305 e. The lowest BCUT2D eigenvalue weighted by molar-refractivity contribution is -0.279. The Balaban J connectivity index is 5.49. The first-order valence-corrected chi connectivity index (χ1v) is 31.8. The molecule has 0 aromatic heterocycles. The lowest BCUT2D eigenvalue weighted by Gasteiger charge is -2.32. The van der Waals surface area contributed by atoms with Crippen LogP contribution in [0.3, 0.4) is 0 Å². The van der Waals surface area contributed by atoms with Crippen LogP contribution in [0.5, 0.6) is 0 Å². The van der Waals surface area contributed by atoms with Gasteiger partial charge in [-0.3, -0.25) is 14.4 Å². The van der Waals surface area contributed by atoms with Crippen LogP contribution in [0.25, 0.3) is 0 Å². The quantitative estimate of drug-likeness (QED) is 0.0207. The Kier molecular flexibility index (Phi) is 56.3. The van der Waals surface area contributed by atoms with Crippen LogP contribution in [-0.2, 0) is 38.1 Å². The van der Waals surface area contributed by atoms with Crippen molar-refractivity contribution in [2.24, 2.45) is 5.41 Å². The van der Waals surface area contributed by atoms with Gasteiger partial charge in [-0.1, -0.05) is 204 Å². The molecule has 446 valence electrons. The summed E-state index contributed by atoms with van der Waals surface area (Å²) in [5.74, 6) is -1.12. The lowest BCUT2D eigenvalue weighted by atomic mass is 9.92. The maximum absolute atomic E-state index is 13.3. The third-order valence-electron chi connectivity index (χ3n) is 13.9. The summed E-state index contributed by atoms with van der Waals surface area (Å²) in [6.07, 6.45) is 64.5. The number of aliphatic hydroxyl groups excluding tert-OH is 1. The van der Waals surface area contributed by atoms with Gasteiger partial charge in [0.1, 0.15) is 19.8 Å². The Hall–Kier alpha value is -3.31. The highest BCUT2D eigenvalue weighted by atomic mass is 16.8. The maximum atomic E-state index is 13.3. The summed E-state index contributed by atoms with van der Waals surface area (Å²) in [6, 6.07) is 0. The van der Waals surface area contributed by atoms with Crippen molar-refractivity contribution in [3.8, 4) is 0 Å². The van der Waals surface area contributed by atoms with E-state index in [9.17, 15) is 19.5 Å². The van der Waals surface area contributed by atoms with Crippen LogP contribution in [0.1, 0.15) is 272 Å². The van der Waals surface area contributed by atoms with Crippen LogP contribution in [0.4, 0.5) is 0 Å². The molecule has 0 aliphatic carbocycles. The summed E-state index contributed by atoms with van der Waals surface area (Å²) in [6.45, 7) is 11.4. The number of hydrogen-bond donors (Lipinski definition) is 1. The van der Waals surface area contributed by atoms with E-state index in [2.05, 4.69) is 112 Å². The van der Waals surface area contributed by atoms with Crippen LogP contribution in [0, 0.1) is 5.41 Å². The highest BCUT2D eigenvalue weighted by Crippen LogP contribution is 2.24. The molecule has 1 atom stereocenters. The zero-order valence-electron chi connectivity index (χ0n) is 50.5. The van der Waals surface area contributed by atoms with Crippen molar-refractivity contribution in [3.05, 3.63) is 72.9 Å². The fraction of sp³-hybridized carbons (Fsp3) is 0.776. The average Bonchev–Trinajstić information content (AvgIpc) is 3.43.